The van der Waals surface area contributed by atoms with Crippen molar-refractivity contribution >= 4 is 70.4 Å². The van der Waals surface area contributed by atoms with Crippen LogP contribution in [0.1, 0.15) is 52.7 Å². The van der Waals surface area contributed by atoms with Gasteiger partial charge in [-0.3, -0.25) is 0 Å². The van der Waals surface area contributed by atoms with Gasteiger partial charge in [-0.1, -0.05) is 46.9 Å². The average Bonchev–Trinajstić information content (AvgIpc) is 3.30. The zero-order valence-corrected chi connectivity index (χ0v) is 26.5. The lowest BCUT2D eigenvalue weighted by Crippen LogP contribution is -2.44. The van der Waals surface area contributed by atoms with Crippen molar-refractivity contribution in [2.45, 2.75) is 58.1 Å². The second-order valence-corrected chi connectivity index (χ2v) is 13.4. The molecule has 9 nitrogen and oxygen atoms in total. The Balaban J connectivity index is 2.11. The molecule has 12 heteroatoms. The van der Waals surface area contributed by atoms with E-state index in [0.717, 1.165) is 57.0 Å². The Labute approximate surface area is 252 Å². The second-order valence-electron chi connectivity index (χ2n) is 9.67. The number of rotatable bonds is 8. The van der Waals surface area contributed by atoms with E-state index >= 15 is 0 Å². The highest BCUT2D eigenvalue weighted by atomic mass is 32.2. The van der Waals surface area contributed by atoms with Gasteiger partial charge in [-0.05, 0) is 60.6 Å². The molecular weight excluding hydrogens is 587 g/mol. The van der Waals surface area contributed by atoms with Crippen LogP contribution in [0.4, 0.5) is 5.69 Å². The smallest absolute Gasteiger partial charge is 0.346 e. The lowest BCUT2D eigenvalue weighted by Gasteiger charge is -2.46. The SMILES string of the molecule is CCOC(=O)C1=C(C(=O)OCC)SC2(S1)C(C(=O)OCC)=C(C(=O)OCC)SC1=C2c2cc(C)ccc2NC1(C)C. The standard InChI is InChI=1S/C29H33NO8S3/c1-8-35-24(31)19-20(25(32)36-9-2)39-23-18(16-14-15(5)12-13-17(16)30-28(23,6)7)29(19)40-21(26(33)37-10-3)22(41-29)27(34)38-11-4/h12-14,30H,8-11H2,1-7H3. The summed E-state index contributed by atoms with van der Waals surface area (Å²) in [6, 6.07) is 5.92. The fourth-order valence-corrected chi connectivity index (χ4v) is 9.72. The van der Waals surface area contributed by atoms with Gasteiger partial charge in [-0.15, -0.1) is 0 Å². The fraction of sp³-hybridized carbons (Fsp3) is 0.448. The first-order valence-corrected chi connectivity index (χ1v) is 15.8. The van der Waals surface area contributed by atoms with Crippen molar-refractivity contribution in [3.63, 3.8) is 0 Å². The zero-order valence-electron chi connectivity index (χ0n) is 24.1. The summed E-state index contributed by atoms with van der Waals surface area (Å²) in [6.45, 7) is 12.9. The van der Waals surface area contributed by atoms with Crippen LogP contribution >= 0.6 is 35.3 Å². The highest BCUT2D eigenvalue weighted by Crippen LogP contribution is 2.70. The largest absolute Gasteiger partial charge is 0.463 e. The number of benzene rings is 1. The van der Waals surface area contributed by atoms with Gasteiger partial charge >= 0.3 is 23.9 Å². The van der Waals surface area contributed by atoms with Gasteiger partial charge in [-0.2, -0.15) is 0 Å². The summed E-state index contributed by atoms with van der Waals surface area (Å²) in [7, 11) is 0. The first-order valence-electron chi connectivity index (χ1n) is 13.3. The summed E-state index contributed by atoms with van der Waals surface area (Å²) in [5.74, 6) is -2.87. The highest BCUT2D eigenvalue weighted by molar-refractivity contribution is 8.26. The van der Waals surface area contributed by atoms with Gasteiger partial charge in [0.15, 0.2) is 0 Å². The molecule has 41 heavy (non-hydrogen) atoms. The molecule has 1 aromatic rings. The zero-order chi connectivity index (χ0) is 30.1. The maximum absolute atomic E-state index is 13.9. The topological polar surface area (TPSA) is 117 Å². The summed E-state index contributed by atoms with van der Waals surface area (Å²) in [5, 5.41) is 3.55. The Bertz CT molecular complexity index is 1380. The number of hydrogen-bond donors (Lipinski definition) is 1. The van der Waals surface area contributed by atoms with E-state index in [1.54, 1.807) is 27.7 Å². The van der Waals surface area contributed by atoms with Crippen LogP contribution in [0.3, 0.4) is 0 Å². The Kier molecular flexibility index (Phi) is 9.25. The molecular formula is C29H33NO8S3. The van der Waals surface area contributed by atoms with Crippen LogP contribution in [-0.2, 0) is 38.1 Å². The first kappa shape index (κ1) is 31.1. The van der Waals surface area contributed by atoms with Gasteiger partial charge in [-0.25, -0.2) is 19.2 Å². The number of hydrogen-bond acceptors (Lipinski definition) is 12. The van der Waals surface area contributed by atoms with Crippen molar-refractivity contribution in [2.75, 3.05) is 31.7 Å². The number of carbonyl (C=O) groups is 4. The van der Waals surface area contributed by atoms with Crippen LogP contribution in [0.25, 0.3) is 5.57 Å². The number of aryl methyl sites for hydroxylation is 1. The van der Waals surface area contributed by atoms with Crippen LogP contribution < -0.4 is 5.32 Å². The van der Waals surface area contributed by atoms with Crippen LogP contribution in [-0.4, -0.2) is 59.9 Å². The molecule has 1 aromatic carbocycles. The Morgan fingerprint density at radius 2 is 1.24 bits per heavy atom. The predicted octanol–water partition coefficient (Wildman–Crippen LogP) is 5.55. The molecule has 1 N–H and O–H groups in total. The lowest BCUT2D eigenvalue weighted by atomic mass is 9.84. The number of ether oxygens (including phenoxy) is 4. The molecule has 0 aliphatic carbocycles. The number of thioether (sulfide) groups is 3. The van der Waals surface area contributed by atoms with Gasteiger partial charge in [0.25, 0.3) is 0 Å². The Hall–Kier alpha value is -2.83. The molecule has 0 saturated heterocycles. The number of anilines is 1. The van der Waals surface area contributed by atoms with Gasteiger partial charge in [0.2, 0.25) is 0 Å². The molecule has 220 valence electrons. The monoisotopic (exact) mass is 619 g/mol. The van der Waals surface area contributed by atoms with Crippen molar-refractivity contribution < 1.29 is 38.1 Å². The van der Waals surface area contributed by atoms with Crippen LogP contribution in [0.15, 0.2) is 43.4 Å². The lowest BCUT2D eigenvalue weighted by molar-refractivity contribution is -0.141. The maximum Gasteiger partial charge on any atom is 0.346 e. The quantitative estimate of drug-likeness (QED) is 0.290. The van der Waals surface area contributed by atoms with Gasteiger partial charge in [0.05, 0.1) is 37.5 Å². The Morgan fingerprint density at radius 3 is 1.76 bits per heavy atom. The molecule has 3 heterocycles. The molecule has 0 bridgehead atoms. The summed E-state index contributed by atoms with van der Waals surface area (Å²) in [6.07, 6.45) is 0. The number of esters is 4. The third-order valence-corrected chi connectivity index (χ3v) is 11.0. The summed E-state index contributed by atoms with van der Waals surface area (Å²) in [4.78, 5) is 54.8. The first-order chi connectivity index (χ1) is 19.4. The highest BCUT2D eigenvalue weighted by Gasteiger charge is 2.60. The molecule has 0 aromatic heterocycles. The molecule has 3 aliphatic heterocycles. The van der Waals surface area contributed by atoms with E-state index in [-0.39, 0.29) is 46.7 Å². The Morgan fingerprint density at radius 1 is 0.756 bits per heavy atom. The molecule has 3 aliphatic rings. The van der Waals surface area contributed by atoms with E-state index in [0.29, 0.717) is 5.57 Å². The molecule has 0 fully saturated rings. The third-order valence-electron chi connectivity index (χ3n) is 6.34. The summed E-state index contributed by atoms with van der Waals surface area (Å²) >= 11 is 3.15. The number of fused-ring (bicyclic) bond motifs is 3. The maximum atomic E-state index is 13.9. The predicted molar refractivity (Wildman–Crippen MR) is 162 cm³/mol. The van der Waals surface area contributed by atoms with Crippen LogP contribution in [0, 0.1) is 6.92 Å². The van der Waals surface area contributed by atoms with Crippen molar-refractivity contribution in [1.29, 1.82) is 0 Å². The fourth-order valence-electron chi connectivity index (χ4n) is 4.77. The van der Waals surface area contributed by atoms with Crippen LogP contribution in [0.5, 0.6) is 0 Å². The van der Waals surface area contributed by atoms with Crippen LogP contribution in [0.2, 0.25) is 0 Å². The van der Waals surface area contributed by atoms with Crippen molar-refractivity contribution in [3.8, 4) is 0 Å². The van der Waals surface area contributed by atoms with E-state index < -0.39 is 33.5 Å². The van der Waals surface area contributed by atoms with E-state index in [4.69, 9.17) is 18.9 Å². The minimum atomic E-state index is -1.47. The van der Waals surface area contributed by atoms with E-state index in [1.807, 2.05) is 39.0 Å². The summed E-state index contributed by atoms with van der Waals surface area (Å²) < 4.78 is 20.2. The molecule has 0 saturated carbocycles. The van der Waals surface area contributed by atoms with Gasteiger partial charge in [0.1, 0.15) is 18.8 Å². The molecule has 0 amide bonds. The molecule has 0 unspecified atom stereocenters. The third kappa shape index (κ3) is 5.53. The van der Waals surface area contributed by atoms with E-state index in [2.05, 4.69) is 5.32 Å². The van der Waals surface area contributed by atoms with E-state index in [9.17, 15) is 19.2 Å². The van der Waals surface area contributed by atoms with Crippen molar-refractivity contribution in [2.24, 2.45) is 0 Å². The second kappa shape index (κ2) is 12.2. The van der Waals surface area contributed by atoms with Crippen molar-refractivity contribution in [1.82, 2.24) is 0 Å². The van der Waals surface area contributed by atoms with Gasteiger partial charge < -0.3 is 24.3 Å². The average molecular weight is 620 g/mol. The van der Waals surface area contributed by atoms with Crippen molar-refractivity contribution in [3.05, 3.63) is 54.5 Å². The molecule has 1 spiro atoms. The minimum Gasteiger partial charge on any atom is -0.463 e. The summed E-state index contributed by atoms with van der Waals surface area (Å²) in [5.41, 5.74) is 2.55. The minimum absolute atomic E-state index is 0.00260. The van der Waals surface area contributed by atoms with Gasteiger partial charge in [0, 0.05) is 21.7 Å². The molecule has 4 rings (SSSR count). The number of nitrogens with one attached hydrogen (secondary N) is 1. The normalized spacial score (nSPS) is 18.4. The molecule has 0 radical (unpaired) electrons. The number of carbonyl (C=O) groups excluding carboxylic acids is 4. The molecule has 0 atom stereocenters. The van der Waals surface area contributed by atoms with E-state index in [1.165, 1.54) is 0 Å².